The third-order valence-corrected chi connectivity index (χ3v) is 5.93. The Morgan fingerprint density at radius 3 is 2.74 bits per heavy atom. The summed E-state index contributed by atoms with van der Waals surface area (Å²) >= 11 is 0. The second-order valence-electron chi connectivity index (χ2n) is 7.91. The van der Waals surface area contributed by atoms with Gasteiger partial charge >= 0.3 is 0 Å². The molecule has 10 nitrogen and oxygen atoms in total. The van der Waals surface area contributed by atoms with E-state index in [0.29, 0.717) is 17.6 Å². The summed E-state index contributed by atoms with van der Waals surface area (Å²) in [6, 6.07) is 0. The van der Waals surface area contributed by atoms with Crippen LogP contribution in [0.25, 0.3) is 11.2 Å². The van der Waals surface area contributed by atoms with Crippen molar-refractivity contribution in [3.63, 3.8) is 0 Å². The lowest BCUT2D eigenvalue weighted by Crippen LogP contribution is -2.45. The topological polar surface area (TPSA) is 140 Å². The molecule has 0 aromatic carbocycles. The lowest BCUT2D eigenvalue weighted by atomic mass is 10.0. The number of aliphatic hydroxyl groups excluding tert-OH is 3. The first-order chi connectivity index (χ1) is 12.9. The molecule has 0 unspecified atom stereocenters. The minimum atomic E-state index is -1.21. The number of fused-ring (bicyclic) bond motifs is 1. The van der Waals surface area contributed by atoms with Crippen molar-refractivity contribution >= 4 is 17.0 Å². The molecule has 0 saturated carbocycles. The number of aliphatic hydroxyl groups is 3. The lowest BCUT2D eigenvalue weighted by molar-refractivity contribution is -0.898. The van der Waals surface area contributed by atoms with E-state index in [-0.39, 0.29) is 5.82 Å². The molecule has 2 saturated heterocycles. The highest BCUT2D eigenvalue weighted by Crippen LogP contribution is 2.34. The summed E-state index contributed by atoms with van der Waals surface area (Å²) < 4.78 is 8.29. The van der Waals surface area contributed by atoms with E-state index in [1.54, 1.807) is 0 Å². The van der Waals surface area contributed by atoms with Crippen LogP contribution in [0.4, 0.5) is 5.82 Å². The highest BCUT2D eigenvalue weighted by atomic mass is 16.6. The number of ether oxygens (including phenoxy) is 1. The summed E-state index contributed by atoms with van der Waals surface area (Å²) in [6.45, 7) is 3.02. The smallest absolute Gasteiger partial charge is 0.167 e. The molecule has 2 aromatic rings. The summed E-state index contributed by atoms with van der Waals surface area (Å²) in [6.07, 6.45) is 0.582. The minimum absolute atomic E-state index is 0.228. The predicted octanol–water partition coefficient (Wildman–Crippen LogP) is -0.981. The van der Waals surface area contributed by atoms with E-state index < -0.39 is 30.6 Å². The fourth-order valence-electron chi connectivity index (χ4n) is 4.22. The van der Waals surface area contributed by atoms with Crippen LogP contribution in [0.15, 0.2) is 12.7 Å². The molecule has 0 aliphatic carbocycles. The zero-order valence-electron chi connectivity index (χ0n) is 15.3. The van der Waals surface area contributed by atoms with E-state index in [2.05, 4.69) is 22.0 Å². The quantitative estimate of drug-likeness (QED) is 0.486. The van der Waals surface area contributed by atoms with Gasteiger partial charge in [0.15, 0.2) is 17.7 Å². The molecule has 10 heteroatoms. The molecule has 0 amide bonds. The Bertz CT molecular complexity index is 808. The Kier molecular flexibility index (Phi) is 4.77. The molecule has 4 rings (SSSR count). The maximum atomic E-state index is 10.6. The molecule has 5 atom stereocenters. The third-order valence-electron chi connectivity index (χ3n) is 5.93. The largest absolute Gasteiger partial charge is 0.390 e. The van der Waals surface area contributed by atoms with Gasteiger partial charge in [0.05, 0.1) is 39.1 Å². The van der Waals surface area contributed by atoms with Crippen LogP contribution in [0, 0.1) is 0 Å². The first-order valence-electron chi connectivity index (χ1n) is 9.36. The van der Waals surface area contributed by atoms with E-state index in [1.807, 2.05) is 0 Å². The van der Waals surface area contributed by atoms with Gasteiger partial charge in [-0.2, -0.15) is 0 Å². The number of hydrogen-bond donors (Lipinski definition) is 4. The number of rotatable bonds is 5. The normalized spacial score (nSPS) is 31.6. The fourth-order valence-corrected chi connectivity index (χ4v) is 4.22. The van der Waals surface area contributed by atoms with Crippen LogP contribution in [0.1, 0.15) is 25.5 Å². The summed E-state index contributed by atoms with van der Waals surface area (Å²) in [5.41, 5.74) is 6.60. The Hall–Kier alpha value is -1.85. The van der Waals surface area contributed by atoms with Crippen molar-refractivity contribution < 1.29 is 24.5 Å². The Labute approximate surface area is 156 Å². The molecule has 4 heterocycles. The first-order valence-corrected chi connectivity index (χ1v) is 9.36. The van der Waals surface area contributed by atoms with Crippen molar-refractivity contribution in [2.75, 3.05) is 32.4 Å². The number of nitrogens with zero attached hydrogens (tertiary/aromatic N) is 5. The molecule has 2 aliphatic rings. The van der Waals surface area contributed by atoms with Crippen molar-refractivity contribution in [3.8, 4) is 0 Å². The monoisotopic (exact) mass is 379 g/mol. The maximum Gasteiger partial charge on any atom is 0.167 e. The number of hydrogen-bond acceptors (Lipinski definition) is 8. The number of nitrogen functional groups attached to an aromatic ring is 1. The standard InChI is InChI=1S/C17H27N6O4/c1-23(5-2-3-6-23)7-4-10(24)14-12(25)13(26)17(27-14)22-9-21-11-15(18)19-8-20-16(11)22/h8-10,12-14,17,24-26H,2-7H2,1H3,(H2,18,19,20)/q+1/t10-,12+,13-,14-,17-/m1/s1. The van der Waals surface area contributed by atoms with Crippen LogP contribution < -0.4 is 5.73 Å². The average molecular weight is 379 g/mol. The minimum Gasteiger partial charge on any atom is -0.390 e. The number of imidazole rings is 1. The van der Waals surface area contributed by atoms with E-state index >= 15 is 0 Å². The molecular formula is C17H27N6O4+. The highest BCUT2D eigenvalue weighted by molar-refractivity contribution is 5.81. The van der Waals surface area contributed by atoms with Crippen molar-refractivity contribution in [1.82, 2.24) is 19.5 Å². The van der Waals surface area contributed by atoms with Gasteiger partial charge in [-0.25, -0.2) is 15.0 Å². The zero-order valence-corrected chi connectivity index (χ0v) is 15.3. The maximum absolute atomic E-state index is 10.6. The molecule has 2 aromatic heterocycles. The van der Waals surface area contributed by atoms with Crippen LogP contribution in [0.3, 0.4) is 0 Å². The second-order valence-corrected chi connectivity index (χ2v) is 7.91. The van der Waals surface area contributed by atoms with Gasteiger partial charge in [-0.1, -0.05) is 0 Å². The van der Waals surface area contributed by atoms with Crippen LogP contribution >= 0.6 is 0 Å². The van der Waals surface area contributed by atoms with Crippen LogP contribution in [-0.2, 0) is 4.74 Å². The van der Waals surface area contributed by atoms with Crippen LogP contribution in [0.2, 0.25) is 0 Å². The van der Waals surface area contributed by atoms with Gasteiger partial charge in [-0.05, 0) is 0 Å². The summed E-state index contributed by atoms with van der Waals surface area (Å²) in [4.78, 5) is 12.2. The van der Waals surface area contributed by atoms with E-state index in [1.165, 1.54) is 30.1 Å². The number of aromatic nitrogens is 4. The van der Waals surface area contributed by atoms with Gasteiger partial charge in [-0.15, -0.1) is 0 Å². The van der Waals surface area contributed by atoms with Gasteiger partial charge in [0.2, 0.25) is 0 Å². The molecule has 148 valence electrons. The van der Waals surface area contributed by atoms with Gasteiger partial charge in [0.1, 0.15) is 30.2 Å². The zero-order chi connectivity index (χ0) is 19.2. The molecule has 27 heavy (non-hydrogen) atoms. The number of quaternary nitrogens is 1. The van der Waals surface area contributed by atoms with Crippen molar-refractivity contribution in [2.45, 2.75) is 49.9 Å². The number of anilines is 1. The molecule has 0 spiro atoms. The molecule has 2 aliphatic heterocycles. The Balaban J connectivity index is 1.49. The van der Waals surface area contributed by atoms with Gasteiger partial charge < -0.3 is 30.3 Å². The average Bonchev–Trinajstić information content (AvgIpc) is 3.34. The van der Waals surface area contributed by atoms with Crippen molar-refractivity contribution in [3.05, 3.63) is 12.7 Å². The van der Waals surface area contributed by atoms with E-state index in [9.17, 15) is 15.3 Å². The Morgan fingerprint density at radius 1 is 1.26 bits per heavy atom. The molecule has 0 bridgehead atoms. The molecule has 5 N–H and O–H groups in total. The summed E-state index contributed by atoms with van der Waals surface area (Å²) in [5.74, 6) is 0.228. The van der Waals surface area contributed by atoms with E-state index in [0.717, 1.165) is 24.1 Å². The SMILES string of the molecule is C[N+]1(CC[C@@H](O)[C@H]2O[C@@H](n3cnc4c(N)ncnc43)[C@H](O)[C@@H]2O)CCCC1. The lowest BCUT2D eigenvalue weighted by Gasteiger charge is -2.31. The van der Waals surface area contributed by atoms with Crippen LogP contribution in [-0.4, -0.2) is 90.4 Å². The predicted molar refractivity (Wildman–Crippen MR) is 96.3 cm³/mol. The summed E-state index contributed by atoms with van der Waals surface area (Å²) in [5, 5.41) is 31.6. The van der Waals surface area contributed by atoms with Gasteiger partial charge in [0.25, 0.3) is 0 Å². The number of likely N-dealkylation sites (tertiary alicyclic amines) is 1. The van der Waals surface area contributed by atoms with Gasteiger partial charge in [0, 0.05) is 19.3 Å². The summed E-state index contributed by atoms with van der Waals surface area (Å²) in [7, 11) is 2.19. The van der Waals surface area contributed by atoms with Gasteiger partial charge in [-0.3, -0.25) is 4.57 Å². The first kappa shape index (κ1) is 18.5. The molecule has 0 radical (unpaired) electrons. The fraction of sp³-hybridized carbons (Fsp3) is 0.706. The highest BCUT2D eigenvalue weighted by Gasteiger charge is 2.47. The second kappa shape index (κ2) is 6.95. The Morgan fingerprint density at radius 2 is 2.00 bits per heavy atom. The van der Waals surface area contributed by atoms with Crippen molar-refractivity contribution in [1.29, 1.82) is 0 Å². The third kappa shape index (κ3) is 3.27. The molecular weight excluding hydrogens is 352 g/mol. The molecule has 2 fully saturated rings. The van der Waals surface area contributed by atoms with E-state index in [4.69, 9.17) is 10.5 Å². The van der Waals surface area contributed by atoms with Crippen LogP contribution in [0.5, 0.6) is 0 Å². The van der Waals surface area contributed by atoms with Crippen molar-refractivity contribution in [2.24, 2.45) is 0 Å². The number of nitrogens with two attached hydrogens (primary N) is 1.